The van der Waals surface area contributed by atoms with Crippen LogP contribution in [0, 0.1) is 0 Å². The van der Waals surface area contributed by atoms with E-state index >= 15 is 0 Å². The Bertz CT molecular complexity index is 361. The van der Waals surface area contributed by atoms with Crippen LogP contribution in [0.3, 0.4) is 0 Å². The van der Waals surface area contributed by atoms with Crippen molar-refractivity contribution in [2.75, 3.05) is 18.6 Å². The number of nitrogens with one attached hydrogen (secondary N) is 1. The molecule has 7 heteroatoms. The van der Waals surface area contributed by atoms with E-state index in [9.17, 15) is 18.0 Å². The topological polar surface area (TPSA) is 89.5 Å². The van der Waals surface area contributed by atoms with Gasteiger partial charge in [-0.05, 0) is 12.8 Å². The number of carbonyl (C=O) groups is 2. The van der Waals surface area contributed by atoms with E-state index in [0.29, 0.717) is 12.8 Å². The van der Waals surface area contributed by atoms with E-state index in [1.54, 1.807) is 0 Å². The zero-order chi connectivity index (χ0) is 11.5. The Morgan fingerprint density at radius 3 is 2.60 bits per heavy atom. The lowest BCUT2D eigenvalue weighted by molar-refractivity contribution is -0.153. The quantitative estimate of drug-likeness (QED) is 0.458. The number of hydrogen-bond donors (Lipinski definition) is 1. The maximum absolute atomic E-state index is 11.2. The normalized spacial score (nSPS) is 24.2. The van der Waals surface area contributed by atoms with Crippen molar-refractivity contribution in [3.8, 4) is 0 Å². The molecule has 0 bridgehead atoms. The molecular weight excluding hydrogens is 222 g/mol. The molecule has 0 aromatic rings. The minimum absolute atomic E-state index is 0.101. The Labute approximate surface area is 87.9 Å². The fourth-order valence-corrected chi connectivity index (χ4v) is 3.11. The van der Waals surface area contributed by atoms with Gasteiger partial charge in [0.25, 0.3) is 0 Å². The van der Waals surface area contributed by atoms with Crippen LogP contribution in [-0.2, 0) is 24.2 Å². The number of ether oxygens (including phenoxy) is 1. The summed E-state index contributed by atoms with van der Waals surface area (Å²) >= 11 is 0. The van der Waals surface area contributed by atoms with E-state index in [1.807, 2.05) is 0 Å². The Balaban J connectivity index is 2.52. The van der Waals surface area contributed by atoms with E-state index < -0.39 is 27.8 Å². The lowest BCUT2D eigenvalue weighted by atomic mass is 10.2. The van der Waals surface area contributed by atoms with Gasteiger partial charge in [-0.3, -0.25) is 4.79 Å². The minimum Gasteiger partial charge on any atom is -0.462 e. The number of rotatable bonds is 1. The molecule has 1 aliphatic heterocycles. The SMILES string of the molecule is COC(=O)C(=O)NC1CCCS(=O)(=O)C1. The van der Waals surface area contributed by atoms with Gasteiger partial charge >= 0.3 is 11.9 Å². The van der Waals surface area contributed by atoms with Crippen molar-refractivity contribution in [1.82, 2.24) is 5.32 Å². The van der Waals surface area contributed by atoms with Gasteiger partial charge in [-0.25, -0.2) is 13.2 Å². The Morgan fingerprint density at radius 1 is 1.40 bits per heavy atom. The van der Waals surface area contributed by atoms with Crippen molar-refractivity contribution in [2.45, 2.75) is 18.9 Å². The van der Waals surface area contributed by atoms with E-state index in [4.69, 9.17) is 0 Å². The number of amides is 1. The van der Waals surface area contributed by atoms with Gasteiger partial charge in [-0.15, -0.1) is 0 Å². The highest BCUT2D eigenvalue weighted by molar-refractivity contribution is 7.91. The molecule has 0 radical (unpaired) electrons. The Kier molecular flexibility index (Phi) is 3.67. The third kappa shape index (κ3) is 3.50. The standard InChI is InChI=1S/C8H13NO5S/c1-14-8(11)7(10)9-6-3-2-4-15(12,13)5-6/h6H,2-5H2,1H3,(H,9,10). The lowest BCUT2D eigenvalue weighted by Crippen LogP contribution is -2.45. The summed E-state index contributed by atoms with van der Waals surface area (Å²) in [5.41, 5.74) is 0. The van der Waals surface area contributed by atoms with Crippen molar-refractivity contribution < 1.29 is 22.7 Å². The minimum atomic E-state index is -3.08. The molecule has 1 heterocycles. The summed E-state index contributed by atoms with van der Waals surface area (Å²) in [6, 6.07) is -0.477. The first kappa shape index (κ1) is 12.0. The van der Waals surface area contributed by atoms with Crippen molar-refractivity contribution in [3.63, 3.8) is 0 Å². The third-order valence-electron chi connectivity index (χ3n) is 2.17. The number of sulfone groups is 1. The molecule has 1 rings (SSSR count). The summed E-state index contributed by atoms with van der Waals surface area (Å²) in [5.74, 6) is -1.84. The Morgan fingerprint density at radius 2 is 2.07 bits per heavy atom. The molecule has 1 saturated heterocycles. The summed E-state index contributed by atoms with van der Waals surface area (Å²) in [4.78, 5) is 21.8. The molecule has 1 amide bonds. The van der Waals surface area contributed by atoms with Gasteiger partial charge in [-0.1, -0.05) is 0 Å². The number of esters is 1. The second-order valence-corrected chi connectivity index (χ2v) is 5.65. The smallest absolute Gasteiger partial charge is 0.396 e. The molecule has 1 N–H and O–H groups in total. The average Bonchev–Trinajstić information content (AvgIpc) is 2.14. The van der Waals surface area contributed by atoms with Gasteiger partial charge in [0.05, 0.1) is 18.6 Å². The second-order valence-electron chi connectivity index (χ2n) is 3.42. The molecule has 0 saturated carbocycles. The Hall–Kier alpha value is -1.11. The molecule has 86 valence electrons. The van der Waals surface area contributed by atoms with Gasteiger partial charge in [0, 0.05) is 6.04 Å². The maximum atomic E-state index is 11.2. The molecule has 0 aliphatic carbocycles. The van der Waals surface area contributed by atoms with Crippen LogP contribution in [0.2, 0.25) is 0 Å². The predicted molar refractivity (Wildman–Crippen MR) is 51.8 cm³/mol. The highest BCUT2D eigenvalue weighted by Gasteiger charge is 2.27. The monoisotopic (exact) mass is 235 g/mol. The highest BCUT2D eigenvalue weighted by atomic mass is 32.2. The van der Waals surface area contributed by atoms with Crippen molar-refractivity contribution in [2.24, 2.45) is 0 Å². The zero-order valence-electron chi connectivity index (χ0n) is 8.36. The molecule has 0 spiro atoms. The summed E-state index contributed by atoms with van der Waals surface area (Å²) in [6.07, 6.45) is 1.08. The lowest BCUT2D eigenvalue weighted by Gasteiger charge is -2.22. The highest BCUT2D eigenvalue weighted by Crippen LogP contribution is 2.11. The van der Waals surface area contributed by atoms with Crippen molar-refractivity contribution in [1.29, 1.82) is 0 Å². The fraction of sp³-hybridized carbons (Fsp3) is 0.750. The predicted octanol–water partition coefficient (Wildman–Crippen LogP) is -1.15. The van der Waals surface area contributed by atoms with E-state index in [0.717, 1.165) is 7.11 Å². The first-order valence-electron chi connectivity index (χ1n) is 4.54. The summed E-state index contributed by atoms with van der Waals surface area (Å²) in [7, 11) is -1.98. The van der Waals surface area contributed by atoms with Gasteiger partial charge in [0.1, 0.15) is 0 Å². The van der Waals surface area contributed by atoms with Crippen LogP contribution in [0.1, 0.15) is 12.8 Å². The second kappa shape index (κ2) is 4.61. The maximum Gasteiger partial charge on any atom is 0.396 e. The molecule has 1 fully saturated rings. The van der Waals surface area contributed by atoms with Crippen LogP contribution >= 0.6 is 0 Å². The number of hydrogen-bond acceptors (Lipinski definition) is 5. The fourth-order valence-electron chi connectivity index (χ4n) is 1.47. The van der Waals surface area contributed by atoms with Crippen LogP contribution < -0.4 is 5.32 Å². The molecule has 0 aromatic carbocycles. The molecule has 15 heavy (non-hydrogen) atoms. The molecule has 0 aromatic heterocycles. The number of methoxy groups -OCH3 is 1. The van der Waals surface area contributed by atoms with Crippen LogP contribution in [0.15, 0.2) is 0 Å². The van der Waals surface area contributed by atoms with Crippen molar-refractivity contribution in [3.05, 3.63) is 0 Å². The molecule has 1 unspecified atom stereocenters. The molecule has 1 aliphatic rings. The largest absolute Gasteiger partial charge is 0.462 e. The number of carbonyl (C=O) groups excluding carboxylic acids is 2. The molecule has 6 nitrogen and oxygen atoms in total. The average molecular weight is 235 g/mol. The summed E-state index contributed by atoms with van der Waals surface area (Å²) < 4.78 is 26.6. The summed E-state index contributed by atoms with van der Waals surface area (Å²) in [5, 5.41) is 2.33. The van der Waals surface area contributed by atoms with Gasteiger partial charge < -0.3 is 10.1 Å². The first-order valence-corrected chi connectivity index (χ1v) is 6.36. The van der Waals surface area contributed by atoms with Crippen molar-refractivity contribution >= 4 is 21.7 Å². The van der Waals surface area contributed by atoms with Gasteiger partial charge in [0.2, 0.25) is 0 Å². The summed E-state index contributed by atoms with van der Waals surface area (Å²) in [6.45, 7) is 0. The van der Waals surface area contributed by atoms with Crippen LogP contribution in [0.25, 0.3) is 0 Å². The van der Waals surface area contributed by atoms with E-state index in [1.165, 1.54) is 0 Å². The molecular formula is C8H13NO5S. The first-order chi connectivity index (χ1) is 6.94. The zero-order valence-corrected chi connectivity index (χ0v) is 9.17. The van der Waals surface area contributed by atoms with Crippen LogP contribution in [0.4, 0.5) is 0 Å². The van der Waals surface area contributed by atoms with E-state index in [-0.39, 0.29) is 11.5 Å². The van der Waals surface area contributed by atoms with Crippen LogP contribution in [-0.4, -0.2) is 45.0 Å². The van der Waals surface area contributed by atoms with Gasteiger partial charge in [0.15, 0.2) is 9.84 Å². The van der Waals surface area contributed by atoms with E-state index in [2.05, 4.69) is 10.1 Å². The third-order valence-corrected chi connectivity index (χ3v) is 3.99. The van der Waals surface area contributed by atoms with Gasteiger partial charge in [-0.2, -0.15) is 0 Å². The van der Waals surface area contributed by atoms with Crippen LogP contribution in [0.5, 0.6) is 0 Å². The molecule has 1 atom stereocenters.